The Morgan fingerprint density at radius 1 is 0.906 bits per heavy atom. The van der Waals surface area contributed by atoms with E-state index in [0.29, 0.717) is 12.5 Å². The highest BCUT2D eigenvalue weighted by Crippen LogP contribution is 2.19. The van der Waals surface area contributed by atoms with Crippen LogP contribution >= 0.6 is 0 Å². The van der Waals surface area contributed by atoms with Gasteiger partial charge in [-0.05, 0) is 43.0 Å². The highest BCUT2D eigenvalue weighted by molar-refractivity contribution is 7.85. The molecule has 2 aliphatic rings. The van der Waals surface area contributed by atoms with Crippen LogP contribution in [0, 0.1) is 23.2 Å². The summed E-state index contributed by atoms with van der Waals surface area (Å²) in [5.41, 5.74) is 2.63. The molecule has 0 amide bonds. The van der Waals surface area contributed by atoms with Crippen LogP contribution < -0.4 is 0 Å². The summed E-state index contributed by atoms with van der Waals surface area (Å²) in [6.45, 7) is 6.13. The Bertz CT molecular complexity index is 961. The highest BCUT2D eigenvalue weighted by Gasteiger charge is 2.24. The highest BCUT2D eigenvalue weighted by atomic mass is 32.2. The molecule has 2 saturated heterocycles. The fourth-order valence-electron chi connectivity index (χ4n) is 4.18. The lowest BCUT2D eigenvalue weighted by Gasteiger charge is -2.15. The molecule has 2 unspecified atom stereocenters. The predicted octanol–water partition coefficient (Wildman–Crippen LogP) is 3.52. The SMILES string of the molecule is CS(=O)(=O)OCC1CCN(Cc2ccccc2)C1.N#CC1CCN(Cc2ccccc2)C1. The fourth-order valence-corrected chi connectivity index (χ4v) is 4.62. The van der Waals surface area contributed by atoms with E-state index in [0.717, 1.165) is 58.4 Å². The molecule has 0 N–H and O–H groups in total. The summed E-state index contributed by atoms with van der Waals surface area (Å²) in [5.74, 6) is 0.571. The van der Waals surface area contributed by atoms with Crippen molar-refractivity contribution in [2.45, 2.75) is 25.9 Å². The van der Waals surface area contributed by atoms with E-state index in [2.05, 4.69) is 52.3 Å². The number of benzene rings is 2. The van der Waals surface area contributed by atoms with Crippen LogP contribution in [0.3, 0.4) is 0 Å². The minimum atomic E-state index is -3.31. The van der Waals surface area contributed by atoms with Gasteiger partial charge >= 0.3 is 0 Å². The molecule has 4 rings (SSSR count). The molecule has 2 heterocycles. The maximum atomic E-state index is 10.9. The van der Waals surface area contributed by atoms with Crippen LogP contribution in [-0.2, 0) is 27.4 Å². The Morgan fingerprint density at radius 3 is 1.94 bits per heavy atom. The molecule has 0 radical (unpaired) electrons. The average Bonchev–Trinajstić information content (AvgIpc) is 3.43. The van der Waals surface area contributed by atoms with Crippen molar-refractivity contribution in [3.8, 4) is 6.07 Å². The van der Waals surface area contributed by atoms with E-state index >= 15 is 0 Å². The Kier molecular flexibility index (Phi) is 9.24. The maximum absolute atomic E-state index is 10.9. The number of rotatable bonds is 7. The Hall–Kier alpha value is -2.24. The van der Waals surface area contributed by atoms with Crippen molar-refractivity contribution in [3.05, 3.63) is 71.8 Å². The number of hydrogen-bond donors (Lipinski definition) is 0. The minimum absolute atomic E-state index is 0.249. The van der Waals surface area contributed by atoms with Crippen molar-refractivity contribution in [3.63, 3.8) is 0 Å². The molecule has 0 spiro atoms. The second-order valence-electron chi connectivity index (χ2n) is 8.70. The van der Waals surface area contributed by atoms with E-state index in [4.69, 9.17) is 9.44 Å². The third-order valence-electron chi connectivity index (χ3n) is 5.84. The Labute approximate surface area is 192 Å². The Morgan fingerprint density at radius 2 is 1.44 bits per heavy atom. The summed E-state index contributed by atoms with van der Waals surface area (Å²) in [6.07, 6.45) is 3.13. The largest absolute Gasteiger partial charge is 0.299 e. The van der Waals surface area contributed by atoms with Gasteiger partial charge in [-0.15, -0.1) is 0 Å². The first kappa shape index (κ1) is 24.4. The van der Waals surface area contributed by atoms with Gasteiger partial charge in [-0.2, -0.15) is 13.7 Å². The van der Waals surface area contributed by atoms with Crippen LogP contribution in [-0.4, -0.2) is 57.3 Å². The second kappa shape index (κ2) is 12.1. The molecule has 7 heteroatoms. The zero-order chi connectivity index (χ0) is 22.8. The van der Waals surface area contributed by atoms with Crippen molar-refractivity contribution in [2.75, 3.05) is 39.0 Å². The molecule has 32 heavy (non-hydrogen) atoms. The molecular weight excluding hydrogens is 422 g/mol. The van der Waals surface area contributed by atoms with Gasteiger partial charge in [0.15, 0.2) is 0 Å². The van der Waals surface area contributed by atoms with E-state index in [1.165, 1.54) is 11.1 Å². The van der Waals surface area contributed by atoms with Crippen LogP contribution in [0.15, 0.2) is 60.7 Å². The molecule has 172 valence electrons. The molecular formula is C25H33N3O3S. The second-order valence-corrected chi connectivity index (χ2v) is 10.3. The van der Waals surface area contributed by atoms with E-state index < -0.39 is 10.1 Å². The molecule has 2 aromatic carbocycles. The van der Waals surface area contributed by atoms with Crippen molar-refractivity contribution in [1.29, 1.82) is 5.26 Å². The van der Waals surface area contributed by atoms with Crippen LogP contribution in [0.25, 0.3) is 0 Å². The third kappa shape index (κ3) is 8.71. The summed E-state index contributed by atoms with van der Waals surface area (Å²) >= 11 is 0. The quantitative estimate of drug-likeness (QED) is 0.595. The van der Waals surface area contributed by atoms with Gasteiger partial charge in [0.05, 0.1) is 24.8 Å². The lowest BCUT2D eigenvalue weighted by atomic mass is 10.1. The maximum Gasteiger partial charge on any atom is 0.264 e. The standard InChI is InChI=1S/C13H19NO3S.C12H14N2/c1-18(15,16)17-11-13-7-8-14(10-13)9-12-5-3-2-4-6-12;13-8-12-6-7-14(10-12)9-11-4-2-1-3-5-11/h2-6,13H,7-11H2,1H3;1-5,12H,6-7,9-10H2. The summed E-state index contributed by atoms with van der Waals surface area (Å²) in [4.78, 5) is 4.69. The van der Waals surface area contributed by atoms with Gasteiger partial charge in [-0.3, -0.25) is 14.0 Å². The van der Waals surface area contributed by atoms with Crippen LogP contribution in [0.2, 0.25) is 0 Å². The topological polar surface area (TPSA) is 73.6 Å². The lowest BCUT2D eigenvalue weighted by molar-refractivity contribution is 0.244. The van der Waals surface area contributed by atoms with Gasteiger partial charge in [0.1, 0.15) is 0 Å². The Balaban J connectivity index is 0.000000186. The molecule has 0 aliphatic carbocycles. The van der Waals surface area contributed by atoms with Gasteiger partial charge in [-0.25, -0.2) is 0 Å². The van der Waals surface area contributed by atoms with Crippen molar-refractivity contribution in [2.24, 2.45) is 11.8 Å². The molecule has 6 nitrogen and oxygen atoms in total. The first-order chi connectivity index (χ1) is 15.4. The van der Waals surface area contributed by atoms with Crippen molar-refractivity contribution < 1.29 is 12.6 Å². The van der Waals surface area contributed by atoms with Gasteiger partial charge < -0.3 is 0 Å². The lowest BCUT2D eigenvalue weighted by Crippen LogP contribution is -2.22. The molecule has 0 bridgehead atoms. The van der Waals surface area contributed by atoms with Crippen LogP contribution in [0.1, 0.15) is 24.0 Å². The molecule has 2 aliphatic heterocycles. The molecule has 2 fully saturated rings. The first-order valence-corrected chi connectivity index (χ1v) is 13.0. The van der Waals surface area contributed by atoms with E-state index in [1.54, 1.807) is 0 Å². The van der Waals surface area contributed by atoms with Crippen molar-refractivity contribution in [1.82, 2.24) is 9.80 Å². The number of hydrogen-bond acceptors (Lipinski definition) is 6. The molecule has 2 atom stereocenters. The van der Waals surface area contributed by atoms with Crippen LogP contribution in [0.4, 0.5) is 0 Å². The fraction of sp³-hybridized carbons (Fsp3) is 0.480. The first-order valence-electron chi connectivity index (χ1n) is 11.2. The van der Waals surface area contributed by atoms with Crippen LogP contribution in [0.5, 0.6) is 0 Å². The summed E-state index contributed by atoms with van der Waals surface area (Å²) in [6, 6.07) is 23.1. The zero-order valence-electron chi connectivity index (χ0n) is 18.8. The minimum Gasteiger partial charge on any atom is -0.299 e. The zero-order valence-corrected chi connectivity index (χ0v) is 19.6. The number of nitrogens with zero attached hydrogens (tertiary/aromatic N) is 3. The van der Waals surface area contributed by atoms with Gasteiger partial charge in [0, 0.05) is 26.2 Å². The number of nitriles is 1. The monoisotopic (exact) mass is 455 g/mol. The van der Waals surface area contributed by atoms with Gasteiger partial charge in [0.2, 0.25) is 0 Å². The molecule has 2 aromatic rings. The summed E-state index contributed by atoms with van der Waals surface area (Å²) in [5, 5.41) is 8.77. The third-order valence-corrected chi connectivity index (χ3v) is 6.40. The van der Waals surface area contributed by atoms with E-state index in [1.807, 2.05) is 24.3 Å². The van der Waals surface area contributed by atoms with Gasteiger partial charge in [0.25, 0.3) is 10.1 Å². The van der Waals surface area contributed by atoms with E-state index in [-0.39, 0.29) is 5.92 Å². The average molecular weight is 456 g/mol. The molecule has 0 saturated carbocycles. The predicted molar refractivity (Wildman–Crippen MR) is 126 cm³/mol. The molecule has 0 aromatic heterocycles. The summed E-state index contributed by atoms with van der Waals surface area (Å²) in [7, 11) is -3.31. The van der Waals surface area contributed by atoms with E-state index in [9.17, 15) is 8.42 Å². The summed E-state index contributed by atoms with van der Waals surface area (Å²) < 4.78 is 26.7. The van der Waals surface area contributed by atoms with Crippen molar-refractivity contribution >= 4 is 10.1 Å². The number of likely N-dealkylation sites (tertiary alicyclic amines) is 2. The smallest absolute Gasteiger partial charge is 0.264 e. The van der Waals surface area contributed by atoms with Gasteiger partial charge in [-0.1, -0.05) is 60.7 Å². The normalized spacial score (nSPS) is 21.6.